The summed E-state index contributed by atoms with van der Waals surface area (Å²) in [5.41, 5.74) is 2.34. The van der Waals surface area contributed by atoms with Gasteiger partial charge in [-0.25, -0.2) is 0 Å². The van der Waals surface area contributed by atoms with Gasteiger partial charge in [-0.2, -0.15) is 5.10 Å². The van der Waals surface area contributed by atoms with Gasteiger partial charge in [-0.1, -0.05) is 0 Å². The van der Waals surface area contributed by atoms with Gasteiger partial charge >= 0.3 is 0 Å². The highest BCUT2D eigenvalue weighted by Crippen LogP contribution is 2.04. The van der Waals surface area contributed by atoms with E-state index in [1.54, 1.807) is 0 Å². The molecule has 0 aliphatic rings. The second kappa shape index (κ2) is 5.88. The van der Waals surface area contributed by atoms with Crippen molar-refractivity contribution in [3.05, 3.63) is 17.5 Å². The van der Waals surface area contributed by atoms with Crippen molar-refractivity contribution in [3.8, 4) is 0 Å². The minimum atomic E-state index is 0.379. The van der Waals surface area contributed by atoms with Crippen LogP contribution in [0.25, 0.3) is 0 Å². The van der Waals surface area contributed by atoms with Crippen LogP contribution in [-0.2, 0) is 18.3 Å². The lowest BCUT2D eigenvalue weighted by molar-refractivity contribution is 0.127. The molecule has 1 atom stereocenters. The molecule has 0 radical (unpaired) electrons. The summed E-state index contributed by atoms with van der Waals surface area (Å²) in [4.78, 5) is 0. The van der Waals surface area contributed by atoms with E-state index in [0.29, 0.717) is 6.04 Å². The highest BCUT2D eigenvalue weighted by atomic mass is 16.5. The number of rotatable bonds is 6. The van der Waals surface area contributed by atoms with Crippen molar-refractivity contribution in [2.45, 2.75) is 33.4 Å². The van der Waals surface area contributed by atoms with E-state index in [1.807, 2.05) is 25.6 Å². The Morgan fingerprint density at radius 2 is 2.33 bits per heavy atom. The van der Waals surface area contributed by atoms with Crippen LogP contribution in [0, 0.1) is 6.92 Å². The van der Waals surface area contributed by atoms with Crippen molar-refractivity contribution in [1.29, 1.82) is 0 Å². The lowest BCUT2D eigenvalue weighted by Gasteiger charge is -2.12. The van der Waals surface area contributed by atoms with Gasteiger partial charge in [0.15, 0.2) is 0 Å². The average Bonchev–Trinajstić information content (AvgIpc) is 2.51. The zero-order chi connectivity index (χ0) is 11.3. The van der Waals surface area contributed by atoms with Crippen molar-refractivity contribution in [2.75, 3.05) is 13.2 Å². The van der Waals surface area contributed by atoms with E-state index in [0.717, 1.165) is 25.5 Å². The van der Waals surface area contributed by atoms with Crippen LogP contribution < -0.4 is 5.32 Å². The first kappa shape index (κ1) is 12.2. The summed E-state index contributed by atoms with van der Waals surface area (Å²) in [6.45, 7) is 8.56. The summed E-state index contributed by atoms with van der Waals surface area (Å²) < 4.78 is 7.18. The molecule has 0 aliphatic heterocycles. The van der Waals surface area contributed by atoms with Crippen LogP contribution in [0.2, 0.25) is 0 Å². The van der Waals surface area contributed by atoms with Crippen molar-refractivity contribution in [3.63, 3.8) is 0 Å². The monoisotopic (exact) mass is 211 g/mol. The Morgan fingerprint density at radius 3 is 2.87 bits per heavy atom. The molecule has 1 rings (SSSR count). The molecule has 4 heteroatoms. The first-order chi connectivity index (χ1) is 7.13. The van der Waals surface area contributed by atoms with Crippen molar-refractivity contribution in [1.82, 2.24) is 15.1 Å². The van der Waals surface area contributed by atoms with Crippen LogP contribution in [0.1, 0.15) is 25.1 Å². The van der Waals surface area contributed by atoms with E-state index < -0.39 is 0 Å². The zero-order valence-corrected chi connectivity index (χ0v) is 10.1. The molecule has 15 heavy (non-hydrogen) atoms. The van der Waals surface area contributed by atoms with Gasteiger partial charge in [0.05, 0.1) is 12.3 Å². The van der Waals surface area contributed by atoms with Crippen LogP contribution in [0.5, 0.6) is 0 Å². The van der Waals surface area contributed by atoms with Gasteiger partial charge < -0.3 is 10.1 Å². The molecule has 0 saturated heterocycles. The highest BCUT2D eigenvalue weighted by molar-refractivity contribution is 5.14. The fourth-order valence-electron chi connectivity index (χ4n) is 1.46. The van der Waals surface area contributed by atoms with E-state index >= 15 is 0 Å². The SMILES string of the molecule is CCOCC(C)NCc1cn(C)nc1C. The lowest BCUT2D eigenvalue weighted by atomic mass is 10.2. The first-order valence-corrected chi connectivity index (χ1v) is 5.43. The predicted molar refractivity (Wildman–Crippen MR) is 60.7 cm³/mol. The minimum Gasteiger partial charge on any atom is -0.380 e. The molecule has 0 spiro atoms. The Kier molecular flexibility index (Phi) is 4.78. The number of nitrogens with one attached hydrogen (secondary N) is 1. The van der Waals surface area contributed by atoms with Gasteiger partial charge in [0.2, 0.25) is 0 Å². The van der Waals surface area contributed by atoms with Gasteiger partial charge in [0, 0.05) is 38.0 Å². The Morgan fingerprint density at radius 1 is 1.60 bits per heavy atom. The highest BCUT2D eigenvalue weighted by Gasteiger charge is 2.05. The summed E-state index contributed by atoms with van der Waals surface area (Å²) in [5, 5.41) is 7.71. The number of aryl methyl sites for hydroxylation is 2. The fraction of sp³-hybridized carbons (Fsp3) is 0.727. The number of hydrogen-bond donors (Lipinski definition) is 1. The summed E-state index contributed by atoms with van der Waals surface area (Å²) in [7, 11) is 1.94. The quantitative estimate of drug-likeness (QED) is 0.769. The van der Waals surface area contributed by atoms with E-state index in [2.05, 4.69) is 23.5 Å². The first-order valence-electron chi connectivity index (χ1n) is 5.43. The summed E-state index contributed by atoms with van der Waals surface area (Å²) in [6.07, 6.45) is 2.05. The molecule has 1 heterocycles. The molecule has 1 N–H and O–H groups in total. The normalized spacial score (nSPS) is 13.1. The van der Waals surface area contributed by atoms with Crippen LogP contribution in [0.15, 0.2) is 6.20 Å². The third-order valence-electron chi connectivity index (χ3n) is 2.33. The predicted octanol–water partition coefficient (Wildman–Crippen LogP) is 1.24. The van der Waals surface area contributed by atoms with Crippen molar-refractivity contribution in [2.24, 2.45) is 7.05 Å². The molecule has 0 amide bonds. The van der Waals surface area contributed by atoms with Crippen LogP contribution in [0.4, 0.5) is 0 Å². The van der Waals surface area contributed by atoms with Gasteiger partial charge in [-0.3, -0.25) is 4.68 Å². The number of hydrogen-bond acceptors (Lipinski definition) is 3. The third-order valence-corrected chi connectivity index (χ3v) is 2.33. The Balaban J connectivity index is 2.33. The maximum absolute atomic E-state index is 5.34. The molecule has 1 unspecified atom stereocenters. The van der Waals surface area contributed by atoms with E-state index in [1.165, 1.54) is 5.56 Å². The Bertz CT molecular complexity index is 296. The molecule has 4 nitrogen and oxygen atoms in total. The van der Waals surface area contributed by atoms with E-state index in [4.69, 9.17) is 4.74 Å². The maximum Gasteiger partial charge on any atom is 0.0638 e. The summed E-state index contributed by atoms with van der Waals surface area (Å²) in [6, 6.07) is 0.379. The van der Waals surface area contributed by atoms with E-state index in [-0.39, 0.29) is 0 Å². The molecule has 0 fully saturated rings. The molecule has 86 valence electrons. The van der Waals surface area contributed by atoms with Crippen LogP contribution in [-0.4, -0.2) is 29.0 Å². The van der Waals surface area contributed by atoms with Crippen molar-refractivity contribution >= 4 is 0 Å². The summed E-state index contributed by atoms with van der Waals surface area (Å²) >= 11 is 0. The van der Waals surface area contributed by atoms with Gasteiger partial charge in [-0.05, 0) is 20.8 Å². The van der Waals surface area contributed by atoms with E-state index in [9.17, 15) is 0 Å². The minimum absolute atomic E-state index is 0.379. The number of nitrogens with zero attached hydrogens (tertiary/aromatic N) is 2. The fourth-order valence-corrected chi connectivity index (χ4v) is 1.46. The zero-order valence-electron chi connectivity index (χ0n) is 10.1. The standard InChI is InChI=1S/C11H21N3O/c1-5-15-8-9(2)12-6-11-7-14(4)13-10(11)3/h7,9,12H,5-6,8H2,1-4H3. The second-order valence-electron chi connectivity index (χ2n) is 3.85. The Labute approximate surface area is 91.6 Å². The smallest absolute Gasteiger partial charge is 0.0638 e. The molecule has 0 aliphatic carbocycles. The molecule has 0 bridgehead atoms. The van der Waals surface area contributed by atoms with Gasteiger partial charge in [-0.15, -0.1) is 0 Å². The van der Waals surface area contributed by atoms with Gasteiger partial charge in [0.25, 0.3) is 0 Å². The maximum atomic E-state index is 5.34. The van der Waals surface area contributed by atoms with Crippen LogP contribution >= 0.6 is 0 Å². The lowest BCUT2D eigenvalue weighted by Crippen LogP contribution is -2.30. The molecule has 1 aromatic heterocycles. The molecule has 0 aromatic carbocycles. The number of ether oxygens (including phenoxy) is 1. The molecule has 0 saturated carbocycles. The third kappa shape index (κ3) is 4.01. The van der Waals surface area contributed by atoms with Gasteiger partial charge in [0.1, 0.15) is 0 Å². The second-order valence-corrected chi connectivity index (χ2v) is 3.85. The van der Waals surface area contributed by atoms with Crippen molar-refractivity contribution < 1.29 is 4.74 Å². The average molecular weight is 211 g/mol. The summed E-state index contributed by atoms with van der Waals surface area (Å²) in [5.74, 6) is 0. The topological polar surface area (TPSA) is 39.1 Å². The molecular weight excluding hydrogens is 190 g/mol. The molecule has 1 aromatic rings. The van der Waals surface area contributed by atoms with Crippen LogP contribution in [0.3, 0.4) is 0 Å². The largest absolute Gasteiger partial charge is 0.380 e. The molecular formula is C11H21N3O. The number of aromatic nitrogens is 2. The Hall–Kier alpha value is -0.870.